The summed E-state index contributed by atoms with van der Waals surface area (Å²) in [5.74, 6) is 0.684. The molecule has 3 heterocycles. The van der Waals surface area contributed by atoms with Gasteiger partial charge in [-0.1, -0.05) is 51.1 Å². The summed E-state index contributed by atoms with van der Waals surface area (Å²) in [6.07, 6.45) is 1.69. The van der Waals surface area contributed by atoms with Crippen LogP contribution in [0.5, 0.6) is 0 Å². The lowest BCUT2D eigenvalue weighted by molar-refractivity contribution is -0.137. The van der Waals surface area contributed by atoms with Crippen LogP contribution in [0.15, 0.2) is 30.3 Å². The predicted molar refractivity (Wildman–Crippen MR) is 137 cm³/mol. The predicted octanol–water partition coefficient (Wildman–Crippen LogP) is 3.50. The van der Waals surface area contributed by atoms with Crippen LogP contribution in [0, 0.1) is 11.3 Å². The number of carbonyl (C=O) groups excluding carboxylic acids is 3. The average Bonchev–Trinajstić information content (AvgIpc) is 3.36. The number of nitrogens with zero attached hydrogens (tertiary/aromatic N) is 3. The third kappa shape index (κ3) is 4.77. The van der Waals surface area contributed by atoms with E-state index in [-0.39, 0.29) is 35.2 Å². The van der Waals surface area contributed by atoms with Crippen LogP contribution >= 0.6 is 0 Å². The molecule has 3 aliphatic heterocycles. The van der Waals surface area contributed by atoms with Crippen molar-refractivity contribution in [2.45, 2.75) is 71.4 Å². The minimum atomic E-state index is -0.761. The Morgan fingerprint density at radius 3 is 2.29 bits per heavy atom. The second-order valence-corrected chi connectivity index (χ2v) is 11.6. The molecule has 35 heavy (non-hydrogen) atoms. The van der Waals surface area contributed by atoms with Crippen LogP contribution in [-0.4, -0.2) is 83.3 Å². The van der Waals surface area contributed by atoms with Gasteiger partial charge in [0.25, 0.3) is 5.91 Å². The number of hydrogen-bond donors (Lipinski definition) is 1. The number of hydrogen-bond acceptors (Lipinski definition) is 5. The Morgan fingerprint density at radius 2 is 1.71 bits per heavy atom. The van der Waals surface area contributed by atoms with Crippen molar-refractivity contribution in [3.8, 4) is 0 Å². The van der Waals surface area contributed by atoms with E-state index in [1.807, 2.05) is 19.9 Å². The van der Waals surface area contributed by atoms with Crippen molar-refractivity contribution in [2.24, 2.45) is 11.3 Å². The molecule has 7 nitrogen and oxygen atoms in total. The Balaban J connectivity index is 1.60. The molecule has 0 bridgehead atoms. The molecule has 1 aromatic rings. The number of likely N-dealkylation sites (N-methyl/N-ethyl adjacent to an activating group) is 2. The standard InChI is InChI=1S/C28H42N4O3/c1-6-31-25(34)28(32(7-2)26(31)35)13-15-30(16-14-28)24(23(33)17-27(3,4)5)22-19-29-18-21(22)20-11-9-8-10-12-20/h8-12,21-22,24,29H,6-7,13-19H2,1-5H3/t21-,22-,24?/m1/s1. The lowest BCUT2D eigenvalue weighted by atomic mass is 9.76. The first-order valence-electron chi connectivity index (χ1n) is 13.3. The zero-order chi connectivity index (χ0) is 25.4. The molecule has 1 spiro atoms. The molecule has 0 radical (unpaired) electrons. The highest BCUT2D eigenvalue weighted by molar-refractivity contribution is 6.07. The lowest BCUT2D eigenvalue weighted by Gasteiger charge is -2.46. The van der Waals surface area contributed by atoms with Gasteiger partial charge in [-0.15, -0.1) is 0 Å². The van der Waals surface area contributed by atoms with Crippen molar-refractivity contribution in [3.63, 3.8) is 0 Å². The van der Waals surface area contributed by atoms with E-state index < -0.39 is 5.54 Å². The third-order valence-corrected chi connectivity index (χ3v) is 8.20. The first-order valence-corrected chi connectivity index (χ1v) is 13.3. The van der Waals surface area contributed by atoms with Gasteiger partial charge in [0.05, 0.1) is 6.04 Å². The third-order valence-electron chi connectivity index (χ3n) is 8.20. The highest BCUT2D eigenvalue weighted by atomic mass is 16.2. The number of urea groups is 1. The van der Waals surface area contributed by atoms with Gasteiger partial charge in [-0.2, -0.15) is 0 Å². The molecule has 3 saturated heterocycles. The van der Waals surface area contributed by atoms with Crippen LogP contribution in [0.1, 0.15) is 65.4 Å². The smallest absolute Gasteiger partial charge is 0.316 e. The molecule has 7 heteroatoms. The van der Waals surface area contributed by atoms with Crippen molar-refractivity contribution >= 4 is 17.7 Å². The van der Waals surface area contributed by atoms with Gasteiger partial charge < -0.3 is 10.2 Å². The Kier molecular flexibility index (Phi) is 7.39. The number of piperidine rings is 1. The van der Waals surface area contributed by atoms with Crippen molar-refractivity contribution in [1.82, 2.24) is 20.0 Å². The molecule has 1 N–H and O–H groups in total. The van der Waals surface area contributed by atoms with Crippen molar-refractivity contribution in [1.29, 1.82) is 0 Å². The van der Waals surface area contributed by atoms with Crippen LogP contribution in [0.3, 0.4) is 0 Å². The van der Waals surface area contributed by atoms with Gasteiger partial charge >= 0.3 is 6.03 Å². The Labute approximate surface area is 210 Å². The summed E-state index contributed by atoms with van der Waals surface area (Å²) >= 11 is 0. The van der Waals surface area contributed by atoms with E-state index >= 15 is 0 Å². The number of Topliss-reactive ketones (excluding diaryl/α,β-unsaturated/α-hetero) is 1. The van der Waals surface area contributed by atoms with Crippen LogP contribution in [0.2, 0.25) is 0 Å². The summed E-state index contributed by atoms with van der Waals surface area (Å²) in [4.78, 5) is 45.6. The van der Waals surface area contributed by atoms with Gasteiger partial charge in [-0.05, 0) is 37.7 Å². The summed E-state index contributed by atoms with van der Waals surface area (Å²) in [5.41, 5.74) is 0.425. The molecular formula is C28H42N4O3. The van der Waals surface area contributed by atoms with E-state index in [0.717, 1.165) is 13.1 Å². The van der Waals surface area contributed by atoms with Gasteiger partial charge in [-0.25, -0.2) is 4.79 Å². The molecule has 3 fully saturated rings. The molecule has 1 aromatic carbocycles. The topological polar surface area (TPSA) is 73.0 Å². The quantitative estimate of drug-likeness (QED) is 0.602. The number of ketones is 1. The maximum atomic E-state index is 13.9. The average molecular weight is 483 g/mol. The van der Waals surface area contributed by atoms with E-state index in [9.17, 15) is 14.4 Å². The maximum absolute atomic E-state index is 13.9. The summed E-state index contributed by atoms with van der Waals surface area (Å²) < 4.78 is 0. The second kappa shape index (κ2) is 10.0. The normalized spacial score (nSPS) is 26.1. The molecule has 0 saturated carbocycles. The molecule has 4 rings (SSSR count). The summed E-state index contributed by atoms with van der Waals surface area (Å²) in [6, 6.07) is 10.2. The van der Waals surface area contributed by atoms with Crippen LogP contribution in [0.4, 0.5) is 4.79 Å². The van der Waals surface area contributed by atoms with Gasteiger partial charge in [0, 0.05) is 57.5 Å². The van der Waals surface area contributed by atoms with E-state index in [2.05, 4.69) is 55.3 Å². The fourth-order valence-corrected chi connectivity index (χ4v) is 6.59. The largest absolute Gasteiger partial charge is 0.327 e. The van der Waals surface area contributed by atoms with Crippen LogP contribution in [-0.2, 0) is 9.59 Å². The number of benzene rings is 1. The number of likely N-dealkylation sites (tertiary alicyclic amines) is 1. The number of rotatable bonds is 7. The fourth-order valence-electron chi connectivity index (χ4n) is 6.59. The van der Waals surface area contributed by atoms with Crippen molar-refractivity contribution < 1.29 is 14.4 Å². The van der Waals surface area contributed by atoms with Gasteiger partial charge in [0.1, 0.15) is 5.54 Å². The van der Waals surface area contributed by atoms with Gasteiger partial charge in [0.15, 0.2) is 5.78 Å². The first-order chi connectivity index (χ1) is 16.6. The van der Waals surface area contributed by atoms with E-state index in [4.69, 9.17) is 0 Å². The zero-order valence-corrected chi connectivity index (χ0v) is 22.0. The molecule has 0 aliphatic carbocycles. The number of carbonyl (C=O) groups is 3. The van der Waals surface area contributed by atoms with Gasteiger partial charge in [0.2, 0.25) is 0 Å². The van der Waals surface area contributed by atoms with Crippen LogP contribution in [0.25, 0.3) is 0 Å². The molecule has 3 aliphatic rings. The monoisotopic (exact) mass is 482 g/mol. The summed E-state index contributed by atoms with van der Waals surface area (Å²) in [7, 11) is 0. The minimum absolute atomic E-state index is 0.0613. The zero-order valence-electron chi connectivity index (χ0n) is 22.0. The van der Waals surface area contributed by atoms with Gasteiger partial charge in [-0.3, -0.25) is 19.4 Å². The highest BCUT2D eigenvalue weighted by Gasteiger charge is 2.58. The molecule has 3 amide bonds. The number of nitrogens with one attached hydrogen (secondary N) is 1. The van der Waals surface area contributed by atoms with Crippen molar-refractivity contribution in [2.75, 3.05) is 39.3 Å². The Bertz CT molecular complexity index is 933. The fraction of sp³-hybridized carbons (Fsp3) is 0.679. The van der Waals surface area contributed by atoms with E-state index in [1.165, 1.54) is 10.5 Å². The number of amides is 3. The Hall–Kier alpha value is -2.25. The molecule has 1 unspecified atom stereocenters. The van der Waals surface area contributed by atoms with E-state index in [0.29, 0.717) is 51.2 Å². The molecule has 3 atom stereocenters. The van der Waals surface area contributed by atoms with E-state index in [1.54, 1.807) is 4.90 Å². The Morgan fingerprint density at radius 1 is 1.06 bits per heavy atom. The summed E-state index contributed by atoms with van der Waals surface area (Å²) in [6.45, 7) is 14.1. The number of imide groups is 1. The first kappa shape index (κ1) is 25.8. The molecule has 192 valence electrons. The highest BCUT2D eigenvalue weighted by Crippen LogP contribution is 2.41. The van der Waals surface area contributed by atoms with Crippen molar-refractivity contribution in [3.05, 3.63) is 35.9 Å². The summed E-state index contributed by atoms with van der Waals surface area (Å²) in [5, 5.41) is 3.56. The lowest BCUT2D eigenvalue weighted by Crippen LogP contribution is -2.60. The second-order valence-electron chi connectivity index (χ2n) is 11.6. The minimum Gasteiger partial charge on any atom is -0.316 e. The maximum Gasteiger partial charge on any atom is 0.327 e. The van der Waals surface area contributed by atoms with Crippen LogP contribution < -0.4 is 5.32 Å². The molecular weight excluding hydrogens is 440 g/mol. The molecule has 0 aromatic heterocycles. The SMILES string of the molecule is CCN1C(=O)N(CC)C2(CCN(C(C(=O)CC(C)(C)C)[C@@H]3CNC[C@@H]3c3ccccc3)CC2)C1=O.